The van der Waals surface area contributed by atoms with E-state index in [2.05, 4.69) is 16.2 Å². The second-order valence-electron chi connectivity index (χ2n) is 4.27. The number of ether oxygens (including phenoxy) is 1. The number of hydrogen-bond donors (Lipinski definition) is 3. The molecular weight excluding hydrogens is 294 g/mol. The Bertz CT molecular complexity index is 493. The standard InChI is InChI=1S/C13H19N3O2S2/c1-8(2)14-13(19)16-15-12(17)10-6-5-9(20-4)7-11(10)18-3/h5-8H,1-4H3,(H,15,17)(H2,14,16,19). The van der Waals surface area contributed by atoms with Crippen molar-refractivity contribution in [1.29, 1.82) is 0 Å². The SMILES string of the molecule is COc1cc(SC)ccc1C(=O)NNC(=S)NC(C)C. The Morgan fingerprint density at radius 3 is 2.60 bits per heavy atom. The zero-order valence-electron chi connectivity index (χ0n) is 11.9. The number of hydrogen-bond acceptors (Lipinski definition) is 4. The van der Waals surface area contributed by atoms with Gasteiger partial charge >= 0.3 is 0 Å². The van der Waals surface area contributed by atoms with Crippen LogP contribution in [0.2, 0.25) is 0 Å². The summed E-state index contributed by atoms with van der Waals surface area (Å²) in [6.45, 7) is 3.92. The number of carbonyl (C=O) groups excluding carboxylic acids is 1. The number of rotatable bonds is 4. The van der Waals surface area contributed by atoms with E-state index in [-0.39, 0.29) is 11.9 Å². The molecule has 0 bridgehead atoms. The maximum Gasteiger partial charge on any atom is 0.273 e. The minimum atomic E-state index is -0.303. The van der Waals surface area contributed by atoms with Crippen molar-refractivity contribution in [1.82, 2.24) is 16.2 Å². The third-order valence-electron chi connectivity index (χ3n) is 2.36. The van der Waals surface area contributed by atoms with Crippen molar-refractivity contribution in [3.63, 3.8) is 0 Å². The maximum absolute atomic E-state index is 12.1. The smallest absolute Gasteiger partial charge is 0.273 e. The van der Waals surface area contributed by atoms with E-state index in [4.69, 9.17) is 17.0 Å². The van der Waals surface area contributed by atoms with Crippen molar-refractivity contribution < 1.29 is 9.53 Å². The number of carbonyl (C=O) groups is 1. The van der Waals surface area contributed by atoms with E-state index in [1.807, 2.05) is 32.2 Å². The van der Waals surface area contributed by atoms with Gasteiger partial charge in [0.25, 0.3) is 5.91 Å². The molecule has 0 heterocycles. The molecule has 5 nitrogen and oxygen atoms in total. The van der Waals surface area contributed by atoms with Crippen LogP contribution in [0.3, 0.4) is 0 Å². The van der Waals surface area contributed by atoms with Crippen molar-refractivity contribution in [3.05, 3.63) is 23.8 Å². The topological polar surface area (TPSA) is 62.4 Å². The van der Waals surface area contributed by atoms with Gasteiger partial charge in [-0.1, -0.05) is 0 Å². The molecule has 110 valence electrons. The Morgan fingerprint density at radius 1 is 1.35 bits per heavy atom. The van der Waals surface area contributed by atoms with Crippen LogP contribution in [0.5, 0.6) is 5.75 Å². The molecule has 0 saturated heterocycles. The van der Waals surface area contributed by atoms with Crippen LogP contribution in [-0.4, -0.2) is 30.4 Å². The van der Waals surface area contributed by atoms with Gasteiger partial charge in [-0.05, 0) is 50.5 Å². The minimum absolute atomic E-state index is 0.197. The molecule has 0 aliphatic carbocycles. The predicted octanol–water partition coefficient (Wildman–Crippen LogP) is 1.93. The van der Waals surface area contributed by atoms with Gasteiger partial charge in [0.1, 0.15) is 5.75 Å². The first-order valence-electron chi connectivity index (χ1n) is 6.06. The third-order valence-corrected chi connectivity index (χ3v) is 3.31. The van der Waals surface area contributed by atoms with Gasteiger partial charge in [-0.2, -0.15) is 0 Å². The molecule has 0 radical (unpaired) electrons. The molecule has 0 atom stereocenters. The highest BCUT2D eigenvalue weighted by molar-refractivity contribution is 7.98. The largest absolute Gasteiger partial charge is 0.496 e. The highest BCUT2D eigenvalue weighted by Crippen LogP contribution is 2.25. The second kappa shape index (κ2) is 7.96. The molecule has 0 aromatic heterocycles. The number of thiocarbonyl (C=S) groups is 1. The zero-order chi connectivity index (χ0) is 15.1. The number of thioether (sulfide) groups is 1. The van der Waals surface area contributed by atoms with Gasteiger partial charge in [-0.3, -0.25) is 15.6 Å². The Hall–Kier alpha value is -1.47. The van der Waals surface area contributed by atoms with Crippen LogP contribution >= 0.6 is 24.0 Å². The molecular formula is C13H19N3O2S2. The Labute approximate surface area is 128 Å². The van der Waals surface area contributed by atoms with Crippen LogP contribution in [0, 0.1) is 0 Å². The van der Waals surface area contributed by atoms with Crippen LogP contribution in [0.25, 0.3) is 0 Å². The van der Waals surface area contributed by atoms with Crippen molar-refractivity contribution in [3.8, 4) is 5.75 Å². The summed E-state index contributed by atoms with van der Waals surface area (Å²) in [5.41, 5.74) is 5.64. The van der Waals surface area contributed by atoms with Crippen LogP contribution in [-0.2, 0) is 0 Å². The molecule has 0 aliphatic rings. The van der Waals surface area contributed by atoms with E-state index in [1.54, 1.807) is 17.8 Å². The molecule has 1 aromatic rings. The van der Waals surface area contributed by atoms with Gasteiger partial charge in [-0.15, -0.1) is 11.8 Å². The van der Waals surface area contributed by atoms with Gasteiger partial charge in [0.15, 0.2) is 5.11 Å². The number of methoxy groups -OCH3 is 1. The summed E-state index contributed by atoms with van der Waals surface area (Å²) in [5, 5.41) is 3.34. The summed E-state index contributed by atoms with van der Waals surface area (Å²) in [6.07, 6.45) is 1.96. The van der Waals surface area contributed by atoms with E-state index in [0.717, 1.165) is 4.90 Å². The quantitative estimate of drug-likeness (QED) is 0.448. The Kier molecular flexibility index (Phi) is 6.60. The third kappa shape index (κ3) is 4.90. The van der Waals surface area contributed by atoms with Crippen molar-refractivity contribution >= 4 is 35.0 Å². The fourth-order valence-electron chi connectivity index (χ4n) is 1.47. The van der Waals surface area contributed by atoms with Crippen LogP contribution in [0.4, 0.5) is 0 Å². The predicted molar refractivity (Wildman–Crippen MR) is 86.2 cm³/mol. The lowest BCUT2D eigenvalue weighted by atomic mass is 10.2. The molecule has 1 aromatic carbocycles. The van der Waals surface area contributed by atoms with E-state index in [1.165, 1.54) is 7.11 Å². The fourth-order valence-corrected chi connectivity index (χ4v) is 2.18. The summed E-state index contributed by atoms with van der Waals surface area (Å²) in [7, 11) is 1.54. The van der Waals surface area contributed by atoms with E-state index in [9.17, 15) is 4.79 Å². The lowest BCUT2D eigenvalue weighted by Crippen LogP contribution is -2.48. The van der Waals surface area contributed by atoms with Crippen LogP contribution in [0.1, 0.15) is 24.2 Å². The molecule has 7 heteroatoms. The lowest BCUT2D eigenvalue weighted by molar-refractivity contribution is 0.0940. The number of benzene rings is 1. The summed E-state index contributed by atoms with van der Waals surface area (Å²) in [5.74, 6) is 0.223. The first-order valence-corrected chi connectivity index (χ1v) is 7.70. The van der Waals surface area contributed by atoms with Crippen LogP contribution < -0.4 is 20.9 Å². The molecule has 0 fully saturated rings. The van der Waals surface area contributed by atoms with E-state index >= 15 is 0 Å². The summed E-state index contributed by atoms with van der Waals surface area (Å²) < 4.78 is 5.23. The molecule has 1 rings (SSSR count). The summed E-state index contributed by atoms with van der Waals surface area (Å²) >= 11 is 6.61. The minimum Gasteiger partial charge on any atom is -0.496 e. The summed E-state index contributed by atoms with van der Waals surface area (Å²) in [4.78, 5) is 13.1. The molecule has 3 N–H and O–H groups in total. The maximum atomic E-state index is 12.1. The zero-order valence-corrected chi connectivity index (χ0v) is 13.6. The molecule has 0 aliphatic heterocycles. The van der Waals surface area contributed by atoms with Crippen molar-refractivity contribution in [2.75, 3.05) is 13.4 Å². The van der Waals surface area contributed by atoms with Gasteiger partial charge in [-0.25, -0.2) is 0 Å². The average molecular weight is 313 g/mol. The van der Waals surface area contributed by atoms with Gasteiger partial charge < -0.3 is 10.1 Å². The van der Waals surface area contributed by atoms with Gasteiger partial charge in [0.05, 0.1) is 12.7 Å². The monoisotopic (exact) mass is 313 g/mol. The molecule has 0 unspecified atom stereocenters. The normalized spacial score (nSPS) is 10.1. The number of amides is 1. The van der Waals surface area contributed by atoms with Crippen molar-refractivity contribution in [2.45, 2.75) is 24.8 Å². The first kappa shape index (κ1) is 16.6. The Balaban J connectivity index is 2.70. The van der Waals surface area contributed by atoms with E-state index in [0.29, 0.717) is 16.4 Å². The lowest BCUT2D eigenvalue weighted by Gasteiger charge is -2.15. The highest BCUT2D eigenvalue weighted by Gasteiger charge is 2.13. The first-order chi connectivity index (χ1) is 9.47. The second-order valence-corrected chi connectivity index (χ2v) is 5.56. The van der Waals surface area contributed by atoms with E-state index < -0.39 is 0 Å². The molecule has 0 spiro atoms. The Morgan fingerprint density at radius 2 is 2.05 bits per heavy atom. The molecule has 20 heavy (non-hydrogen) atoms. The average Bonchev–Trinajstić information content (AvgIpc) is 2.43. The van der Waals surface area contributed by atoms with Gasteiger partial charge in [0.2, 0.25) is 0 Å². The fraction of sp³-hybridized carbons (Fsp3) is 0.385. The number of nitrogens with one attached hydrogen (secondary N) is 3. The van der Waals surface area contributed by atoms with Crippen LogP contribution in [0.15, 0.2) is 23.1 Å². The number of hydrazine groups is 1. The summed E-state index contributed by atoms with van der Waals surface area (Å²) in [6, 6.07) is 5.61. The van der Waals surface area contributed by atoms with Gasteiger partial charge in [0, 0.05) is 10.9 Å². The molecule has 1 amide bonds. The highest BCUT2D eigenvalue weighted by atomic mass is 32.2. The molecule has 0 saturated carbocycles. The van der Waals surface area contributed by atoms with Crippen molar-refractivity contribution in [2.24, 2.45) is 0 Å².